The normalized spacial score (nSPS) is 23.3. The molecule has 4 heteroatoms. The van der Waals surface area contributed by atoms with E-state index in [1.54, 1.807) is 6.07 Å². The van der Waals surface area contributed by atoms with Gasteiger partial charge in [-0.1, -0.05) is 6.07 Å². The van der Waals surface area contributed by atoms with Crippen LogP contribution in [-0.4, -0.2) is 24.0 Å². The van der Waals surface area contributed by atoms with Crippen LogP contribution in [0.25, 0.3) is 0 Å². The Labute approximate surface area is 113 Å². The van der Waals surface area contributed by atoms with E-state index in [1.165, 1.54) is 12.1 Å². The highest BCUT2D eigenvalue weighted by atomic mass is 19.1. The summed E-state index contributed by atoms with van der Waals surface area (Å²) in [6, 6.07) is 7.34. The smallest absolute Gasteiger partial charge is 0.124 e. The fourth-order valence-corrected chi connectivity index (χ4v) is 2.73. The maximum atomic E-state index is 13.1. The topological polar surface area (TPSA) is 53.0 Å². The Balaban J connectivity index is 2.03. The Hall–Kier alpha value is -1.44. The summed E-state index contributed by atoms with van der Waals surface area (Å²) in [5, 5.41) is 9.05. The number of hydrogen-bond acceptors (Lipinski definition) is 3. The van der Waals surface area contributed by atoms with E-state index in [1.807, 2.05) is 0 Å². The van der Waals surface area contributed by atoms with Crippen LogP contribution in [-0.2, 0) is 6.54 Å². The molecule has 0 bridgehead atoms. The van der Waals surface area contributed by atoms with Crippen molar-refractivity contribution in [2.24, 2.45) is 5.73 Å². The summed E-state index contributed by atoms with van der Waals surface area (Å²) in [7, 11) is 2.06. The van der Waals surface area contributed by atoms with Crippen molar-refractivity contribution >= 4 is 0 Å². The lowest BCUT2D eigenvalue weighted by molar-refractivity contribution is 0.176. The molecule has 1 aromatic carbocycles. The average Bonchev–Trinajstić information content (AvgIpc) is 2.41. The number of halogens is 1. The van der Waals surface area contributed by atoms with Crippen molar-refractivity contribution in [3.8, 4) is 6.07 Å². The maximum Gasteiger partial charge on any atom is 0.124 e. The predicted octanol–water partition coefficient (Wildman–Crippen LogP) is 2.40. The zero-order valence-electron chi connectivity index (χ0n) is 11.3. The Morgan fingerprint density at radius 1 is 1.37 bits per heavy atom. The van der Waals surface area contributed by atoms with Crippen LogP contribution in [0.3, 0.4) is 0 Å². The van der Waals surface area contributed by atoms with Gasteiger partial charge >= 0.3 is 0 Å². The molecule has 1 saturated carbocycles. The molecule has 2 rings (SSSR count). The third-order valence-corrected chi connectivity index (χ3v) is 3.98. The first-order chi connectivity index (χ1) is 9.10. The quantitative estimate of drug-likeness (QED) is 0.909. The highest BCUT2D eigenvalue weighted by molar-refractivity contribution is 5.37. The van der Waals surface area contributed by atoms with Crippen LogP contribution in [0.4, 0.5) is 4.39 Å². The molecule has 0 unspecified atom stereocenters. The van der Waals surface area contributed by atoms with Gasteiger partial charge in [0.1, 0.15) is 5.82 Å². The van der Waals surface area contributed by atoms with Crippen LogP contribution in [0.2, 0.25) is 0 Å². The van der Waals surface area contributed by atoms with Gasteiger partial charge in [0.05, 0.1) is 11.6 Å². The fourth-order valence-electron chi connectivity index (χ4n) is 2.73. The van der Waals surface area contributed by atoms with Gasteiger partial charge in [-0.15, -0.1) is 0 Å². The first-order valence-electron chi connectivity index (χ1n) is 6.74. The molecule has 0 atom stereocenters. The molecule has 0 spiro atoms. The SMILES string of the molecule is CN(Cc1ccc(F)cc1C#N)C1CCC(N)CC1. The molecule has 1 fully saturated rings. The largest absolute Gasteiger partial charge is 0.328 e. The molecule has 0 amide bonds. The van der Waals surface area contributed by atoms with E-state index < -0.39 is 0 Å². The summed E-state index contributed by atoms with van der Waals surface area (Å²) in [5.41, 5.74) is 7.23. The highest BCUT2D eigenvalue weighted by Crippen LogP contribution is 2.23. The van der Waals surface area contributed by atoms with Crippen molar-refractivity contribution in [2.75, 3.05) is 7.05 Å². The summed E-state index contributed by atoms with van der Waals surface area (Å²) >= 11 is 0. The Kier molecular flexibility index (Phi) is 4.52. The first kappa shape index (κ1) is 14.0. The summed E-state index contributed by atoms with van der Waals surface area (Å²) in [4.78, 5) is 2.25. The number of rotatable bonds is 3. The lowest BCUT2D eigenvalue weighted by Crippen LogP contribution is -2.38. The van der Waals surface area contributed by atoms with E-state index in [2.05, 4.69) is 18.0 Å². The van der Waals surface area contributed by atoms with Crippen LogP contribution >= 0.6 is 0 Å². The molecule has 3 nitrogen and oxygen atoms in total. The van der Waals surface area contributed by atoms with Crippen LogP contribution in [0.1, 0.15) is 36.8 Å². The molecule has 1 aliphatic rings. The van der Waals surface area contributed by atoms with Crippen LogP contribution < -0.4 is 5.73 Å². The van der Waals surface area contributed by atoms with Crippen molar-refractivity contribution in [3.05, 3.63) is 35.1 Å². The minimum Gasteiger partial charge on any atom is -0.328 e. The van der Waals surface area contributed by atoms with Crippen molar-refractivity contribution in [3.63, 3.8) is 0 Å². The van der Waals surface area contributed by atoms with Gasteiger partial charge in [0.15, 0.2) is 0 Å². The van der Waals surface area contributed by atoms with Crippen LogP contribution in [0.15, 0.2) is 18.2 Å². The van der Waals surface area contributed by atoms with Crippen LogP contribution in [0, 0.1) is 17.1 Å². The lowest BCUT2D eigenvalue weighted by Gasteiger charge is -2.33. The van der Waals surface area contributed by atoms with E-state index >= 15 is 0 Å². The van der Waals surface area contributed by atoms with Gasteiger partial charge in [-0.2, -0.15) is 5.26 Å². The molecular formula is C15H20FN3. The summed E-state index contributed by atoms with van der Waals surface area (Å²) < 4.78 is 13.1. The molecule has 0 saturated heterocycles. The fraction of sp³-hybridized carbons (Fsp3) is 0.533. The Morgan fingerprint density at radius 2 is 2.05 bits per heavy atom. The second kappa shape index (κ2) is 6.14. The Morgan fingerprint density at radius 3 is 2.68 bits per heavy atom. The highest BCUT2D eigenvalue weighted by Gasteiger charge is 2.22. The van der Waals surface area contributed by atoms with E-state index in [9.17, 15) is 4.39 Å². The summed E-state index contributed by atoms with van der Waals surface area (Å²) in [6.45, 7) is 0.684. The predicted molar refractivity (Wildman–Crippen MR) is 72.8 cm³/mol. The van der Waals surface area contributed by atoms with Gasteiger partial charge < -0.3 is 5.73 Å². The zero-order chi connectivity index (χ0) is 13.8. The van der Waals surface area contributed by atoms with Gasteiger partial charge in [0.25, 0.3) is 0 Å². The molecule has 102 valence electrons. The molecule has 19 heavy (non-hydrogen) atoms. The minimum atomic E-state index is -0.355. The maximum absolute atomic E-state index is 13.1. The number of nitriles is 1. The number of nitrogens with two attached hydrogens (primary N) is 1. The third-order valence-electron chi connectivity index (χ3n) is 3.98. The van der Waals surface area contributed by atoms with Crippen molar-refractivity contribution in [1.29, 1.82) is 5.26 Å². The third kappa shape index (κ3) is 3.52. The van der Waals surface area contributed by atoms with Gasteiger partial charge in [-0.25, -0.2) is 4.39 Å². The van der Waals surface area contributed by atoms with Crippen LogP contribution in [0.5, 0.6) is 0 Å². The van der Waals surface area contributed by atoms with E-state index in [4.69, 9.17) is 11.0 Å². The van der Waals surface area contributed by atoms with E-state index in [-0.39, 0.29) is 5.82 Å². The second-order valence-electron chi connectivity index (χ2n) is 5.40. The summed E-state index contributed by atoms with van der Waals surface area (Å²) in [5.74, 6) is -0.355. The van der Waals surface area contributed by atoms with Gasteiger partial charge in [-0.3, -0.25) is 4.90 Å². The molecule has 0 radical (unpaired) electrons. The minimum absolute atomic E-state index is 0.338. The van der Waals surface area contributed by atoms with Crippen molar-refractivity contribution < 1.29 is 4.39 Å². The molecule has 0 heterocycles. The van der Waals surface area contributed by atoms with E-state index in [0.717, 1.165) is 31.2 Å². The average molecular weight is 261 g/mol. The molecule has 0 aromatic heterocycles. The zero-order valence-corrected chi connectivity index (χ0v) is 11.3. The molecular weight excluding hydrogens is 241 g/mol. The standard InChI is InChI=1S/C15H20FN3/c1-19(15-6-4-14(18)5-7-15)10-11-2-3-13(16)8-12(11)9-17/h2-3,8,14-15H,4-7,10,18H2,1H3. The molecule has 2 N–H and O–H groups in total. The van der Waals surface area contributed by atoms with Gasteiger partial charge in [-0.05, 0) is 50.4 Å². The number of nitrogens with zero attached hydrogens (tertiary/aromatic N) is 2. The molecule has 1 aromatic rings. The molecule has 0 aliphatic heterocycles. The van der Waals surface area contributed by atoms with E-state index in [0.29, 0.717) is 24.2 Å². The second-order valence-corrected chi connectivity index (χ2v) is 5.40. The number of benzene rings is 1. The summed E-state index contributed by atoms with van der Waals surface area (Å²) in [6.07, 6.45) is 4.31. The van der Waals surface area contributed by atoms with Gasteiger partial charge in [0.2, 0.25) is 0 Å². The van der Waals surface area contributed by atoms with Crippen molar-refractivity contribution in [1.82, 2.24) is 4.90 Å². The molecule has 1 aliphatic carbocycles. The Bertz CT molecular complexity index is 473. The monoisotopic (exact) mass is 261 g/mol. The number of hydrogen-bond donors (Lipinski definition) is 1. The first-order valence-corrected chi connectivity index (χ1v) is 6.74. The lowest BCUT2D eigenvalue weighted by atomic mass is 9.90. The van der Waals surface area contributed by atoms with Gasteiger partial charge in [0, 0.05) is 18.6 Å². The van der Waals surface area contributed by atoms with Crippen molar-refractivity contribution in [2.45, 2.75) is 44.3 Å².